The predicted molar refractivity (Wildman–Crippen MR) is 105 cm³/mol. The first-order chi connectivity index (χ1) is 13.0. The Labute approximate surface area is 159 Å². The first kappa shape index (κ1) is 20.3. The molecule has 2 amide bonds. The van der Waals surface area contributed by atoms with Crippen LogP contribution in [-0.2, 0) is 4.79 Å². The van der Waals surface area contributed by atoms with Gasteiger partial charge < -0.3 is 20.1 Å². The van der Waals surface area contributed by atoms with Gasteiger partial charge in [-0.1, -0.05) is 38.5 Å². The fourth-order valence-electron chi connectivity index (χ4n) is 2.65. The lowest BCUT2D eigenvalue weighted by Crippen LogP contribution is -2.47. The summed E-state index contributed by atoms with van der Waals surface area (Å²) in [5.41, 5.74) is 1.09. The molecule has 6 heteroatoms. The van der Waals surface area contributed by atoms with E-state index in [-0.39, 0.29) is 17.7 Å². The van der Waals surface area contributed by atoms with Crippen molar-refractivity contribution in [2.45, 2.75) is 26.3 Å². The van der Waals surface area contributed by atoms with Crippen LogP contribution in [0.4, 0.5) is 5.69 Å². The highest BCUT2D eigenvalue weighted by molar-refractivity contribution is 6.01. The maximum atomic E-state index is 12.8. The average molecular weight is 370 g/mol. The van der Waals surface area contributed by atoms with Gasteiger partial charge in [0.25, 0.3) is 5.91 Å². The number of carbonyl (C=O) groups is 2. The molecule has 0 aliphatic carbocycles. The van der Waals surface area contributed by atoms with Gasteiger partial charge in [0.15, 0.2) is 11.5 Å². The summed E-state index contributed by atoms with van der Waals surface area (Å²) in [7, 11) is 3.08. The molecule has 0 aliphatic rings. The smallest absolute Gasteiger partial charge is 0.251 e. The lowest BCUT2D eigenvalue weighted by Gasteiger charge is -2.24. The van der Waals surface area contributed by atoms with E-state index < -0.39 is 6.04 Å². The second-order valence-corrected chi connectivity index (χ2v) is 6.26. The second-order valence-electron chi connectivity index (χ2n) is 6.26. The first-order valence-electron chi connectivity index (χ1n) is 8.89. The van der Waals surface area contributed by atoms with Gasteiger partial charge in [-0.25, -0.2) is 0 Å². The molecular formula is C21H26N2O4. The third-order valence-electron chi connectivity index (χ3n) is 4.47. The second kappa shape index (κ2) is 9.62. The number of hydrogen-bond acceptors (Lipinski definition) is 4. The van der Waals surface area contributed by atoms with Crippen LogP contribution in [0.3, 0.4) is 0 Å². The highest BCUT2D eigenvalue weighted by Crippen LogP contribution is 2.30. The van der Waals surface area contributed by atoms with Crippen LogP contribution >= 0.6 is 0 Å². The summed E-state index contributed by atoms with van der Waals surface area (Å²) in [5.74, 6) is 0.511. The molecule has 0 unspecified atom stereocenters. The van der Waals surface area contributed by atoms with Gasteiger partial charge in [0, 0.05) is 17.3 Å². The zero-order valence-electron chi connectivity index (χ0n) is 16.1. The van der Waals surface area contributed by atoms with E-state index >= 15 is 0 Å². The molecule has 0 aliphatic heterocycles. The average Bonchev–Trinajstić information content (AvgIpc) is 2.71. The van der Waals surface area contributed by atoms with Crippen LogP contribution in [0, 0.1) is 5.92 Å². The van der Waals surface area contributed by atoms with Crippen LogP contribution in [0.1, 0.15) is 30.6 Å². The molecule has 0 saturated heterocycles. The minimum Gasteiger partial charge on any atom is -0.493 e. The third kappa shape index (κ3) is 5.23. The summed E-state index contributed by atoms with van der Waals surface area (Å²) in [4.78, 5) is 25.3. The molecule has 0 spiro atoms. The maximum absolute atomic E-state index is 12.8. The molecule has 2 aromatic carbocycles. The van der Waals surface area contributed by atoms with Gasteiger partial charge in [0.05, 0.1) is 14.2 Å². The summed E-state index contributed by atoms with van der Waals surface area (Å²) in [6.07, 6.45) is 0.749. The van der Waals surface area contributed by atoms with E-state index in [1.807, 2.05) is 19.9 Å². The van der Waals surface area contributed by atoms with Crippen LogP contribution in [0.5, 0.6) is 11.5 Å². The summed E-state index contributed by atoms with van der Waals surface area (Å²) in [6.45, 7) is 3.92. The number of nitrogens with one attached hydrogen (secondary N) is 2. The van der Waals surface area contributed by atoms with Gasteiger partial charge in [-0.2, -0.15) is 0 Å². The number of methoxy groups -OCH3 is 2. The lowest BCUT2D eigenvalue weighted by atomic mass is 9.97. The molecule has 0 saturated carbocycles. The molecule has 6 nitrogen and oxygen atoms in total. The van der Waals surface area contributed by atoms with E-state index in [4.69, 9.17) is 9.47 Å². The Hall–Kier alpha value is -3.02. The number of carbonyl (C=O) groups excluding carboxylic acids is 2. The summed E-state index contributed by atoms with van der Waals surface area (Å²) in [5, 5.41) is 5.70. The van der Waals surface area contributed by atoms with Crippen molar-refractivity contribution >= 4 is 17.5 Å². The number of anilines is 1. The normalized spacial score (nSPS) is 12.6. The number of rotatable bonds is 8. The van der Waals surface area contributed by atoms with Gasteiger partial charge >= 0.3 is 0 Å². The zero-order valence-corrected chi connectivity index (χ0v) is 16.1. The summed E-state index contributed by atoms with van der Waals surface area (Å²) < 4.78 is 10.5. The van der Waals surface area contributed by atoms with E-state index in [0.29, 0.717) is 22.7 Å². The Morgan fingerprint density at radius 3 is 2.26 bits per heavy atom. The summed E-state index contributed by atoms with van der Waals surface area (Å²) in [6, 6.07) is 13.3. The first-order valence-corrected chi connectivity index (χ1v) is 8.89. The minimum atomic E-state index is -0.657. The fourth-order valence-corrected chi connectivity index (χ4v) is 2.65. The van der Waals surface area contributed by atoms with Gasteiger partial charge in [-0.05, 0) is 30.2 Å². The molecule has 0 bridgehead atoms. The van der Waals surface area contributed by atoms with Gasteiger partial charge in [-0.3, -0.25) is 9.59 Å². The van der Waals surface area contributed by atoms with Gasteiger partial charge in [0.2, 0.25) is 5.91 Å². The highest BCUT2D eigenvalue weighted by atomic mass is 16.5. The fraction of sp³-hybridized carbons (Fsp3) is 0.333. The van der Waals surface area contributed by atoms with Crippen LogP contribution in [0.25, 0.3) is 0 Å². The van der Waals surface area contributed by atoms with Crippen molar-refractivity contribution in [1.82, 2.24) is 5.32 Å². The monoisotopic (exact) mass is 370 g/mol. The van der Waals surface area contributed by atoms with E-state index in [9.17, 15) is 9.59 Å². The van der Waals surface area contributed by atoms with Crippen LogP contribution in [-0.4, -0.2) is 32.1 Å². The van der Waals surface area contributed by atoms with Crippen molar-refractivity contribution in [2.24, 2.45) is 5.92 Å². The Kier molecular flexibility index (Phi) is 7.23. The zero-order chi connectivity index (χ0) is 19.8. The van der Waals surface area contributed by atoms with Crippen molar-refractivity contribution < 1.29 is 19.1 Å². The van der Waals surface area contributed by atoms with Crippen molar-refractivity contribution in [3.63, 3.8) is 0 Å². The van der Waals surface area contributed by atoms with E-state index in [1.165, 1.54) is 7.11 Å². The molecule has 27 heavy (non-hydrogen) atoms. The predicted octanol–water partition coefficient (Wildman–Crippen LogP) is 3.49. The standard InChI is InChI=1S/C21H26N2O4/c1-5-14(2)19(23-20(24)15-9-7-6-8-10-15)21(25)22-16-11-12-17(26-3)18(13-16)27-4/h6-14,19H,5H2,1-4H3,(H,22,25)(H,23,24)/t14-,19-/m0/s1. The van der Waals surface area contributed by atoms with E-state index in [0.717, 1.165) is 6.42 Å². The number of amides is 2. The van der Waals surface area contributed by atoms with Crippen LogP contribution in [0.15, 0.2) is 48.5 Å². The molecule has 144 valence electrons. The maximum Gasteiger partial charge on any atom is 0.251 e. The number of benzene rings is 2. The molecule has 0 fully saturated rings. The molecule has 0 aromatic heterocycles. The summed E-state index contributed by atoms with van der Waals surface area (Å²) >= 11 is 0. The Bertz CT molecular complexity index is 777. The molecule has 2 aromatic rings. The Morgan fingerprint density at radius 2 is 1.67 bits per heavy atom. The number of hydrogen-bond donors (Lipinski definition) is 2. The third-order valence-corrected chi connectivity index (χ3v) is 4.47. The highest BCUT2D eigenvalue weighted by Gasteiger charge is 2.26. The molecule has 2 rings (SSSR count). The largest absolute Gasteiger partial charge is 0.493 e. The van der Waals surface area contributed by atoms with Crippen molar-refractivity contribution in [3.05, 3.63) is 54.1 Å². The van der Waals surface area contributed by atoms with Gasteiger partial charge in [-0.15, -0.1) is 0 Å². The molecule has 0 heterocycles. The number of ether oxygens (including phenoxy) is 2. The topological polar surface area (TPSA) is 76.7 Å². The Balaban J connectivity index is 2.16. The quantitative estimate of drug-likeness (QED) is 0.746. The van der Waals surface area contributed by atoms with Crippen molar-refractivity contribution in [2.75, 3.05) is 19.5 Å². The molecule has 2 atom stereocenters. The van der Waals surface area contributed by atoms with Crippen molar-refractivity contribution in [1.29, 1.82) is 0 Å². The van der Waals surface area contributed by atoms with E-state index in [1.54, 1.807) is 49.6 Å². The Morgan fingerprint density at radius 1 is 1.00 bits per heavy atom. The molecule has 0 radical (unpaired) electrons. The SMILES string of the molecule is CC[C@H](C)[C@H](NC(=O)c1ccccc1)C(=O)Nc1ccc(OC)c(OC)c1. The molecule has 2 N–H and O–H groups in total. The minimum absolute atomic E-state index is 0.0298. The molecular weight excluding hydrogens is 344 g/mol. The lowest BCUT2D eigenvalue weighted by molar-refractivity contribution is -0.119. The van der Waals surface area contributed by atoms with Crippen LogP contribution in [0.2, 0.25) is 0 Å². The van der Waals surface area contributed by atoms with E-state index in [2.05, 4.69) is 10.6 Å². The van der Waals surface area contributed by atoms with Crippen molar-refractivity contribution in [3.8, 4) is 11.5 Å². The van der Waals surface area contributed by atoms with Crippen LogP contribution < -0.4 is 20.1 Å². The van der Waals surface area contributed by atoms with Gasteiger partial charge in [0.1, 0.15) is 6.04 Å².